The smallest absolute Gasteiger partial charge is 0.256 e. The van der Waals surface area contributed by atoms with Crippen LogP contribution >= 0.6 is 11.6 Å². The number of aromatic nitrogens is 2. The molecule has 2 aromatic carbocycles. The molecule has 4 rings (SSSR count). The fraction of sp³-hybridized carbons (Fsp3) is 0.158. The van der Waals surface area contributed by atoms with Crippen LogP contribution in [0, 0.1) is 0 Å². The number of amides is 1. The van der Waals surface area contributed by atoms with Gasteiger partial charge in [0, 0.05) is 35.8 Å². The minimum Gasteiger partial charge on any atom is -0.305 e. The molecule has 1 aromatic heterocycles. The number of carbonyl (C=O) groups excluding carboxylic acids is 1. The number of halogens is 1. The van der Waals surface area contributed by atoms with Gasteiger partial charge in [-0.1, -0.05) is 48.0 Å². The number of fused-ring (bicyclic) bond motifs is 1. The molecule has 0 saturated carbocycles. The summed E-state index contributed by atoms with van der Waals surface area (Å²) in [6, 6.07) is 17.2. The summed E-state index contributed by atoms with van der Waals surface area (Å²) in [6.45, 7) is 2.42. The summed E-state index contributed by atoms with van der Waals surface area (Å²) in [5, 5.41) is 10.7. The summed E-state index contributed by atoms with van der Waals surface area (Å²) in [7, 11) is 0. The van der Waals surface area contributed by atoms with E-state index in [4.69, 9.17) is 11.6 Å². The lowest BCUT2D eigenvalue weighted by molar-refractivity contribution is 0.102. The van der Waals surface area contributed by atoms with Crippen LogP contribution in [0.1, 0.15) is 27.2 Å². The van der Waals surface area contributed by atoms with Gasteiger partial charge in [0.2, 0.25) is 0 Å². The van der Waals surface area contributed by atoms with Crippen LogP contribution in [-0.4, -0.2) is 21.0 Å². The Morgan fingerprint density at radius 3 is 2.80 bits per heavy atom. The number of nitrogens with zero attached hydrogens (tertiary/aromatic N) is 2. The molecular weight excluding hydrogens is 336 g/mol. The molecule has 2 heterocycles. The molecule has 0 atom stereocenters. The van der Waals surface area contributed by atoms with Crippen molar-refractivity contribution < 1.29 is 4.79 Å². The Bertz CT molecular complexity index is 907. The van der Waals surface area contributed by atoms with E-state index in [-0.39, 0.29) is 5.91 Å². The van der Waals surface area contributed by atoms with Gasteiger partial charge in [0.05, 0.1) is 5.69 Å². The summed E-state index contributed by atoms with van der Waals surface area (Å²) in [4.78, 5) is 14.7. The lowest BCUT2D eigenvalue weighted by atomic mass is 10.2. The molecule has 6 heteroatoms. The number of benzene rings is 2. The Kier molecular flexibility index (Phi) is 4.26. The van der Waals surface area contributed by atoms with Crippen LogP contribution in [0.3, 0.4) is 0 Å². The minimum atomic E-state index is -0.210. The first-order valence-electron chi connectivity index (χ1n) is 8.08. The number of rotatable bonds is 4. The zero-order chi connectivity index (χ0) is 17.2. The lowest BCUT2D eigenvalue weighted by Gasteiger charge is -2.15. The zero-order valence-corrected chi connectivity index (χ0v) is 14.3. The van der Waals surface area contributed by atoms with Gasteiger partial charge in [-0.05, 0) is 23.8 Å². The SMILES string of the molecule is O=C(Nc1n[nH]c2c1CN(Cc1ccccc1)C2)c1cccc(Cl)c1. The topological polar surface area (TPSA) is 61.0 Å². The van der Waals surface area contributed by atoms with Crippen molar-refractivity contribution in [2.45, 2.75) is 19.6 Å². The highest BCUT2D eigenvalue weighted by atomic mass is 35.5. The summed E-state index contributed by atoms with van der Waals surface area (Å²) < 4.78 is 0. The molecule has 0 aliphatic carbocycles. The zero-order valence-electron chi connectivity index (χ0n) is 13.5. The van der Waals surface area contributed by atoms with E-state index in [2.05, 4.69) is 32.5 Å². The fourth-order valence-electron chi connectivity index (χ4n) is 3.07. The van der Waals surface area contributed by atoms with Crippen LogP contribution in [0.4, 0.5) is 5.82 Å². The summed E-state index contributed by atoms with van der Waals surface area (Å²) >= 11 is 5.95. The highest BCUT2D eigenvalue weighted by Gasteiger charge is 2.25. The van der Waals surface area contributed by atoms with E-state index < -0.39 is 0 Å². The second-order valence-electron chi connectivity index (χ2n) is 6.12. The number of hydrogen-bond acceptors (Lipinski definition) is 3. The Morgan fingerprint density at radius 2 is 2.00 bits per heavy atom. The van der Waals surface area contributed by atoms with Gasteiger partial charge in [0.1, 0.15) is 0 Å². The number of nitrogens with one attached hydrogen (secondary N) is 2. The molecule has 1 aliphatic rings. The number of anilines is 1. The van der Waals surface area contributed by atoms with Gasteiger partial charge in [-0.3, -0.25) is 14.8 Å². The standard InChI is InChI=1S/C19H17ClN4O/c20-15-8-4-7-14(9-15)19(25)21-18-16-11-24(12-17(16)22-23-18)10-13-5-2-1-3-6-13/h1-9H,10-12H2,(H2,21,22,23,25). The van der Waals surface area contributed by atoms with Crippen LogP contribution < -0.4 is 5.32 Å². The number of carbonyl (C=O) groups is 1. The monoisotopic (exact) mass is 352 g/mol. The highest BCUT2D eigenvalue weighted by Crippen LogP contribution is 2.28. The fourth-order valence-corrected chi connectivity index (χ4v) is 3.26. The average molecular weight is 353 g/mol. The lowest BCUT2D eigenvalue weighted by Crippen LogP contribution is -2.18. The molecule has 0 spiro atoms. The molecule has 0 bridgehead atoms. The first-order valence-corrected chi connectivity index (χ1v) is 8.46. The summed E-state index contributed by atoms with van der Waals surface area (Å²) in [5.74, 6) is 0.383. The van der Waals surface area contributed by atoms with Crippen molar-refractivity contribution in [3.05, 3.63) is 82.0 Å². The van der Waals surface area contributed by atoms with Gasteiger partial charge in [0.25, 0.3) is 5.91 Å². The van der Waals surface area contributed by atoms with E-state index in [1.54, 1.807) is 24.3 Å². The molecule has 2 N–H and O–H groups in total. The van der Waals surface area contributed by atoms with Crippen molar-refractivity contribution in [1.29, 1.82) is 0 Å². The molecule has 0 unspecified atom stereocenters. The van der Waals surface area contributed by atoms with Crippen molar-refractivity contribution in [1.82, 2.24) is 15.1 Å². The second kappa shape index (κ2) is 6.70. The Hall–Kier alpha value is -2.63. The van der Waals surface area contributed by atoms with Gasteiger partial charge in [0.15, 0.2) is 5.82 Å². The maximum absolute atomic E-state index is 12.4. The van der Waals surface area contributed by atoms with Crippen LogP contribution in [0.25, 0.3) is 0 Å². The third kappa shape index (κ3) is 3.43. The molecule has 1 amide bonds. The maximum Gasteiger partial charge on any atom is 0.256 e. The Morgan fingerprint density at radius 1 is 1.16 bits per heavy atom. The number of hydrogen-bond donors (Lipinski definition) is 2. The Labute approximate surface area is 150 Å². The molecule has 126 valence electrons. The second-order valence-corrected chi connectivity index (χ2v) is 6.56. The summed E-state index contributed by atoms with van der Waals surface area (Å²) in [5.41, 5.74) is 3.89. The van der Waals surface area contributed by atoms with Crippen LogP contribution in [0.2, 0.25) is 5.02 Å². The van der Waals surface area contributed by atoms with Crippen LogP contribution in [0.5, 0.6) is 0 Å². The summed E-state index contributed by atoms with van der Waals surface area (Å²) in [6.07, 6.45) is 0. The van der Waals surface area contributed by atoms with Crippen LogP contribution in [0.15, 0.2) is 54.6 Å². The molecular formula is C19H17ClN4O. The first-order chi connectivity index (χ1) is 12.2. The molecule has 3 aromatic rings. The molecule has 1 aliphatic heterocycles. The van der Waals surface area contributed by atoms with E-state index in [0.717, 1.165) is 30.9 Å². The highest BCUT2D eigenvalue weighted by molar-refractivity contribution is 6.31. The first kappa shape index (κ1) is 15.9. The largest absolute Gasteiger partial charge is 0.305 e. The van der Waals surface area contributed by atoms with E-state index in [1.165, 1.54) is 5.56 Å². The van der Waals surface area contributed by atoms with Gasteiger partial charge < -0.3 is 5.32 Å². The van der Waals surface area contributed by atoms with Crippen LogP contribution in [-0.2, 0) is 19.6 Å². The normalized spacial score (nSPS) is 13.6. The van der Waals surface area contributed by atoms with Crippen molar-refractivity contribution in [2.75, 3.05) is 5.32 Å². The van der Waals surface area contributed by atoms with Crippen molar-refractivity contribution in [2.24, 2.45) is 0 Å². The minimum absolute atomic E-state index is 0.210. The Balaban J connectivity index is 1.46. The van der Waals surface area contributed by atoms with Gasteiger partial charge in [-0.25, -0.2) is 0 Å². The van der Waals surface area contributed by atoms with Crippen molar-refractivity contribution in [3.8, 4) is 0 Å². The average Bonchev–Trinajstić information content (AvgIpc) is 3.17. The predicted octanol–water partition coefficient (Wildman–Crippen LogP) is 3.83. The van der Waals surface area contributed by atoms with E-state index in [1.807, 2.05) is 18.2 Å². The van der Waals surface area contributed by atoms with Gasteiger partial charge >= 0.3 is 0 Å². The van der Waals surface area contributed by atoms with Crippen molar-refractivity contribution in [3.63, 3.8) is 0 Å². The molecule has 0 radical (unpaired) electrons. The van der Waals surface area contributed by atoms with Crippen molar-refractivity contribution >= 4 is 23.3 Å². The van der Waals surface area contributed by atoms with E-state index in [0.29, 0.717) is 16.4 Å². The van der Waals surface area contributed by atoms with E-state index in [9.17, 15) is 4.79 Å². The van der Waals surface area contributed by atoms with Gasteiger partial charge in [-0.15, -0.1) is 0 Å². The molecule has 5 nitrogen and oxygen atoms in total. The third-order valence-electron chi connectivity index (χ3n) is 4.28. The third-order valence-corrected chi connectivity index (χ3v) is 4.52. The number of aromatic amines is 1. The quantitative estimate of drug-likeness (QED) is 0.750. The molecule has 25 heavy (non-hydrogen) atoms. The van der Waals surface area contributed by atoms with E-state index >= 15 is 0 Å². The molecule has 0 saturated heterocycles. The molecule has 0 fully saturated rings. The maximum atomic E-state index is 12.4. The number of H-pyrrole nitrogens is 1. The van der Waals surface area contributed by atoms with Gasteiger partial charge in [-0.2, -0.15) is 5.10 Å². The predicted molar refractivity (Wildman–Crippen MR) is 97.4 cm³/mol.